The molecule has 2 N–H and O–H groups in total. The maximum Gasteiger partial charge on any atom is 0.274 e. The quantitative estimate of drug-likeness (QED) is 0.544. The summed E-state index contributed by atoms with van der Waals surface area (Å²) >= 11 is 1.26. The Morgan fingerprint density at radius 3 is 2.60 bits per heavy atom. The van der Waals surface area contributed by atoms with Crippen molar-refractivity contribution < 1.29 is 19.1 Å². The summed E-state index contributed by atoms with van der Waals surface area (Å²) in [5, 5.41) is 14.1. The van der Waals surface area contributed by atoms with Gasteiger partial charge in [-0.3, -0.25) is 14.4 Å². The third-order valence-electron chi connectivity index (χ3n) is 6.18. The lowest BCUT2D eigenvalue weighted by atomic mass is 9.93. The molecule has 2 amide bonds. The number of aromatic nitrogens is 2. The normalized spacial score (nSPS) is 17.5. The third kappa shape index (κ3) is 4.34. The van der Waals surface area contributed by atoms with Gasteiger partial charge in [0.05, 0.1) is 12.1 Å². The molecule has 3 heterocycles. The number of nitrogens with zero attached hydrogens (tertiary/aromatic N) is 3. The number of aromatic hydroxyl groups is 1. The van der Waals surface area contributed by atoms with Crippen molar-refractivity contribution in [1.82, 2.24) is 19.8 Å². The van der Waals surface area contributed by atoms with E-state index in [2.05, 4.69) is 10.3 Å². The van der Waals surface area contributed by atoms with Gasteiger partial charge in [0.1, 0.15) is 16.4 Å². The number of fused-ring (bicyclic) bond motifs is 1. The Bertz CT molecular complexity index is 1350. The largest absolute Gasteiger partial charge is 0.503 e. The second-order valence-corrected chi connectivity index (χ2v) is 10.1. The van der Waals surface area contributed by atoms with Crippen molar-refractivity contribution in [2.75, 3.05) is 13.1 Å². The van der Waals surface area contributed by atoms with E-state index in [9.17, 15) is 23.9 Å². The number of amides is 2. The Morgan fingerprint density at radius 1 is 1.29 bits per heavy atom. The number of carbonyl (C=O) groups is 2. The average Bonchev–Trinajstić information content (AvgIpc) is 3.27. The van der Waals surface area contributed by atoms with Crippen LogP contribution < -0.4 is 10.7 Å². The van der Waals surface area contributed by atoms with Crippen LogP contribution in [-0.4, -0.2) is 50.5 Å². The predicted molar refractivity (Wildman–Crippen MR) is 131 cm³/mol. The van der Waals surface area contributed by atoms with Crippen LogP contribution in [0.4, 0.5) is 4.39 Å². The predicted octanol–water partition coefficient (Wildman–Crippen LogP) is 3.12. The molecule has 35 heavy (non-hydrogen) atoms. The number of nitrogens with one attached hydrogen (secondary N) is 1. The van der Waals surface area contributed by atoms with Gasteiger partial charge >= 0.3 is 0 Å². The molecule has 1 atom stereocenters. The second-order valence-electron chi connectivity index (χ2n) is 9.03. The summed E-state index contributed by atoms with van der Waals surface area (Å²) < 4.78 is 14.6. The number of hydrogen-bond acceptors (Lipinski definition) is 6. The summed E-state index contributed by atoms with van der Waals surface area (Å²) in [5.74, 6) is -1.87. The molecule has 1 aliphatic heterocycles. The van der Waals surface area contributed by atoms with Crippen LogP contribution in [0.25, 0.3) is 10.6 Å². The van der Waals surface area contributed by atoms with Crippen LogP contribution in [0.2, 0.25) is 0 Å². The molecule has 0 saturated heterocycles. The molecular weight excluding hydrogens is 471 g/mol. The number of thiazole rings is 1. The SMILES string of the molecule is CCNC(=O)[C@]1(C)CN(C(C)C)C(=O)c2c(O)c(=O)c(-c3ncc(Cc4ccc(F)cc4)s3)cn21. The van der Waals surface area contributed by atoms with Crippen LogP contribution in [-0.2, 0) is 16.8 Å². The van der Waals surface area contributed by atoms with Gasteiger partial charge in [0.25, 0.3) is 5.91 Å². The molecule has 0 unspecified atom stereocenters. The van der Waals surface area contributed by atoms with Crippen molar-refractivity contribution in [3.63, 3.8) is 0 Å². The number of halogens is 1. The number of benzene rings is 1. The van der Waals surface area contributed by atoms with Gasteiger partial charge in [-0.15, -0.1) is 11.3 Å². The van der Waals surface area contributed by atoms with Gasteiger partial charge in [-0.1, -0.05) is 12.1 Å². The molecule has 4 rings (SSSR count). The van der Waals surface area contributed by atoms with Crippen molar-refractivity contribution in [2.45, 2.75) is 45.7 Å². The molecule has 3 aromatic rings. The molecule has 0 spiro atoms. The zero-order valence-corrected chi connectivity index (χ0v) is 20.8. The van der Waals surface area contributed by atoms with E-state index in [1.165, 1.54) is 39.1 Å². The first-order valence-electron chi connectivity index (χ1n) is 11.3. The van der Waals surface area contributed by atoms with Crippen molar-refractivity contribution >= 4 is 23.2 Å². The molecule has 1 aliphatic rings. The zero-order valence-electron chi connectivity index (χ0n) is 20.0. The fourth-order valence-corrected chi connectivity index (χ4v) is 5.18. The molecule has 8 nitrogen and oxygen atoms in total. The summed E-state index contributed by atoms with van der Waals surface area (Å²) in [4.78, 5) is 46.2. The van der Waals surface area contributed by atoms with E-state index in [4.69, 9.17) is 0 Å². The average molecular weight is 499 g/mol. The minimum Gasteiger partial charge on any atom is -0.503 e. The van der Waals surface area contributed by atoms with Crippen LogP contribution in [0.3, 0.4) is 0 Å². The van der Waals surface area contributed by atoms with Crippen LogP contribution >= 0.6 is 11.3 Å². The molecule has 0 aliphatic carbocycles. The smallest absolute Gasteiger partial charge is 0.274 e. The standard InChI is InChI=1S/C25H27FN4O4S/c1-5-27-24(34)25(4)13-29(14(2)3)23(33)19-21(32)20(31)18(12-30(19)25)22-28-11-17(35-22)10-15-6-8-16(26)9-7-15/h6-9,11-12,14,32H,5,10,13H2,1-4H3,(H,27,34)/t25-/m0/s1. The van der Waals surface area contributed by atoms with Crippen LogP contribution in [0.1, 0.15) is 48.6 Å². The monoisotopic (exact) mass is 498 g/mol. The highest BCUT2D eigenvalue weighted by Gasteiger charge is 2.47. The summed E-state index contributed by atoms with van der Waals surface area (Å²) in [7, 11) is 0. The lowest BCUT2D eigenvalue weighted by Gasteiger charge is -2.44. The highest BCUT2D eigenvalue weighted by Crippen LogP contribution is 2.35. The van der Waals surface area contributed by atoms with E-state index in [-0.39, 0.29) is 35.6 Å². The number of hydrogen-bond donors (Lipinski definition) is 2. The first kappa shape index (κ1) is 24.6. The third-order valence-corrected chi connectivity index (χ3v) is 7.21. The fraction of sp³-hybridized carbons (Fsp3) is 0.360. The van der Waals surface area contributed by atoms with Gasteiger partial charge < -0.3 is 19.9 Å². The maximum atomic E-state index is 13.2. The lowest BCUT2D eigenvalue weighted by molar-refractivity contribution is -0.130. The van der Waals surface area contributed by atoms with E-state index >= 15 is 0 Å². The summed E-state index contributed by atoms with van der Waals surface area (Å²) in [6.07, 6.45) is 3.57. The molecule has 2 aromatic heterocycles. The second kappa shape index (κ2) is 9.26. The van der Waals surface area contributed by atoms with Gasteiger partial charge in [0.2, 0.25) is 11.3 Å². The molecule has 0 saturated carbocycles. The first-order valence-corrected chi connectivity index (χ1v) is 12.2. The van der Waals surface area contributed by atoms with Crippen molar-refractivity contribution in [3.8, 4) is 16.3 Å². The van der Waals surface area contributed by atoms with E-state index in [0.717, 1.165) is 10.4 Å². The Balaban J connectivity index is 1.82. The van der Waals surface area contributed by atoms with Crippen molar-refractivity contribution in [1.29, 1.82) is 0 Å². The number of rotatable bonds is 6. The fourth-order valence-electron chi connectivity index (χ4n) is 4.23. The number of likely N-dealkylation sites (N-methyl/N-ethyl adjacent to an activating group) is 1. The highest BCUT2D eigenvalue weighted by atomic mass is 32.1. The van der Waals surface area contributed by atoms with E-state index < -0.39 is 22.6 Å². The van der Waals surface area contributed by atoms with Crippen LogP contribution in [0.15, 0.2) is 41.5 Å². The molecule has 0 bridgehead atoms. The van der Waals surface area contributed by atoms with E-state index in [0.29, 0.717) is 18.0 Å². The van der Waals surface area contributed by atoms with Gasteiger partial charge in [-0.2, -0.15) is 0 Å². The summed E-state index contributed by atoms with van der Waals surface area (Å²) in [6, 6.07) is 5.87. The molecule has 1 aromatic carbocycles. The molecule has 184 valence electrons. The molecule has 10 heteroatoms. The summed E-state index contributed by atoms with van der Waals surface area (Å²) in [5.41, 5.74) is -1.21. The minimum absolute atomic E-state index is 0.0811. The molecule has 0 radical (unpaired) electrons. The molecular formula is C25H27FN4O4S. The topological polar surface area (TPSA) is 105 Å². The first-order chi connectivity index (χ1) is 16.6. The Kier molecular flexibility index (Phi) is 6.50. The van der Waals surface area contributed by atoms with E-state index in [1.54, 1.807) is 32.2 Å². The minimum atomic E-state index is -1.25. The van der Waals surface area contributed by atoms with Gasteiger partial charge in [0, 0.05) is 36.3 Å². The summed E-state index contributed by atoms with van der Waals surface area (Å²) in [6.45, 7) is 7.57. The van der Waals surface area contributed by atoms with Gasteiger partial charge in [-0.25, -0.2) is 9.37 Å². The lowest BCUT2D eigenvalue weighted by Crippen LogP contribution is -2.61. The van der Waals surface area contributed by atoms with Gasteiger partial charge in [0.15, 0.2) is 11.4 Å². The Hall–Kier alpha value is -3.53. The van der Waals surface area contributed by atoms with Crippen molar-refractivity contribution in [2.24, 2.45) is 0 Å². The number of carbonyl (C=O) groups excluding carboxylic acids is 2. The maximum absolute atomic E-state index is 13.2. The van der Waals surface area contributed by atoms with Crippen LogP contribution in [0, 0.1) is 5.82 Å². The van der Waals surface area contributed by atoms with Crippen LogP contribution in [0.5, 0.6) is 5.75 Å². The molecule has 0 fully saturated rings. The Morgan fingerprint density at radius 2 is 1.97 bits per heavy atom. The highest BCUT2D eigenvalue weighted by molar-refractivity contribution is 7.15. The number of pyridine rings is 1. The zero-order chi connectivity index (χ0) is 25.5. The van der Waals surface area contributed by atoms with Gasteiger partial charge in [-0.05, 0) is 45.4 Å². The van der Waals surface area contributed by atoms with E-state index in [1.807, 2.05) is 13.8 Å². The Labute approximate surface area is 206 Å². The van der Waals surface area contributed by atoms with Crippen molar-refractivity contribution in [3.05, 3.63) is 68.8 Å².